The molecule has 0 amide bonds. The van der Waals surface area contributed by atoms with E-state index in [-0.39, 0.29) is 3.58 Å². The first kappa shape index (κ1) is 8.90. The molecule has 0 radical (unpaired) electrons. The van der Waals surface area contributed by atoms with E-state index in [1.165, 1.54) is 24.3 Å². The van der Waals surface area contributed by atoms with Crippen LogP contribution in [0.5, 0.6) is 0 Å². The summed E-state index contributed by atoms with van der Waals surface area (Å²) >= 11 is -6.24. The van der Waals surface area contributed by atoms with Crippen LogP contribution < -0.4 is 3.58 Å². The van der Waals surface area contributed by atoms with Crippen LogP contribution in [-0.4, -0.2) is 20.1 Å². The molecule has 0 nitrogen and oxygen atoms in total. The van der Waals surface area contributed by atoms with E-state index in [1.807, 2.05) is 0 Å². The third-order valence-corrected chi connectivity index (χ3v) is 4.20. The van der Waals surface area contributed by atoms with E-state index in [1.54, 1.807) is 6.92 Å². The van der Waals surface area contributed by atoms with Gasteiger partial charge in [0.25, 0.3) is 0 Å². The molecular weight excluding hydrogens is 260 g/mol. The second kappa shape index (κ2) is 3.05. The third kappa shape index (κ3) is 2.39. The molecule has 1 aromatic rings. The summed E-state index contributed by atoms with van der Waals surface area (Å²) in [5, 5.41) is 0. The molecule has 0 fully saturated rings. The molecule has 0 heterocycles. The molecule has 0 atom stereocenters. The first-order valence-corrected chi connectivity index (χ1v) is 7.80. The first-order valence-electron chi connectivity index (χ1n) is 3.14. The van der Waals surface area contributed by atoms with Gasteiger partial charge in [0.2, 0.25) is 0 Å². The third-order valence-electron chi connectivity index (χ3n) is 1.38. The van der Waals surface area contributed by atoms with E-state index >= 15 is 0 Å². The van der Waals surface area contributed by atoms with Gasteiger partial charge in [-0.2, -0.15) is 0 Å². The quantitative estimate of drug-likeness (QED) is 0.683. The van der Waals surface area contributed by atoms with Crippen LogP contribution in [0.3, 0.4) is 0 Å². The van der Waals surface area contributed by atoms with Crippen LogP contribution in [0.25, 0.3) is 0 Å². The van der Waals surface area contributed by atoms with Gasteiger partial charge in [-0.25, -0.2) is 0 Å². The summed E-state index contributed by atoms with van der Waals surface area (Å²) in [6.07, 6.45) is 0. The first-order chi connectivity index (χ1) is 5.00. The maximum atomic E-state index is 12.1. The van der Waals surface area contributed by atoms with Crippen LogP contribution in [0.1, 0.15) is 5.56 Å². The minimum atomic E-state index is -6.24. The summed E-state index contributed by atoms with van der Waals surface area (Å²) in [4.78, 5) is 0. The van der Waals surface area contributed by atoms with Gasteiger partial charge in [0.05, 0.1) is 0 Å². The summed E-state index contributed by atoms with van der Waals surface area (Å²) in [6.45, 7) is 1.77. The number of benzene rings is 1. The second-order valence-electron chi connectivity index (χ2n) is 2.36. The van der Waals surface area contributed by atoms with E-state index < -0.39 is 20.1 Å². The molecule has 0 aliphatic rings. The predicted molar refractivity (Wildman–Crippen MR) is 39.9 cm³/mol. The molecule has 1 aromatic carbocycles. The van der Waals surface area contributed by atoms with E-state index in [9.17, 15) is 8.60 Å². The summed E-state index contributed by atoms with van der Waals surface area (Å²) in [5.41, 5.74) is 0.865. The molecule has 0 aliphatic heterocycles. The van der Waals surface area contributed by atoms with Gasteiger partial charge >= 0.3 is 69.0 Å². The van der Waals surface area contributed by atoms with E-state index in [2.05, 4.69) is 0 Å². The molecular formula is C7H7F3Sn. The maximum absolute atomic E-state index is 12.1. The van der Waals surface area contributed by atoms with Crippen molar-refractivity contribution < 1.29 is 8.60 Å². The molecule has 0 saturated heterocycles. The van der Waals surface area contributed by atoms with Crippen LogP contribution in [0.2, 0.25) is 0 Å². The standard InChI is InChI=1S/C7H7.3FH.Sn/c1-7-5-3-2-4-6-7;;;;/h3-6H,1H3;3*1H;/q;;;;+3/p-3. The van der Waals surface area contributed by atoms with Crippen LogP contribution in [0, 0.1) is 6.92 Å². The molecule has 0 saturated carbocycles. The van der Waals surface area contributed by atoms with Gasteiger partial charge in [0.15, 0.2) is 0 Å². The Balaban J connectivity index is 2.99. The van der Waals surface area contributed by atoms with Gasteiger partial charge in [0, 0.05) is 0 Å². The fourth-order valence-corrected chi connectivity index (χ4v) is 2.30. The predicted octanol–water partition coefficient (Wildman–Crippen LogP) is 2.05. The van der Waals surface area contributed by atoms with Crippen molar-refractivity contribution in [2.75, 3.05) is 0 Å². The Morgan fingerprint density at radius 3 is 1.82 bits per heavy atom. The van der Waals surface area contributed by atoms with Crippen molar-refractivity contribution in [2.45, 2.75) is 6.92 Å². The number of hydrogen-bond donors (Lipinski definition) is 0. The van der Waals surface area contributed by atoms with Crippen molar-refractivity contribution in [3.05, 3.63) is 29.8 Å². The molecule has 0 bridgehead atoms. The molecule has 11 heavy (non-hydrogen) atoms. The summed E-state index contributed by atoms with van der Waals surface area (Å²) in [7, 11) is 0. The summed E-state index contributed by atoms with van der Waals surface area (Å²) in [5.74, 6) is 0. The molecule has 0 spiro atoms. The van der Waals surface area contributed by atoms with Crippen molar-refractivity contribution in [2.24, 2.45) is 0 Å². The van der Waals surface area contributed by atoms with Crippen molar-refractivity contribution in [1.82, 2.24) is 0 Å². The summed E-state index contributed by atoms with van der Waals surface area (Å²) < 4.78 is 36.0. The Labute approximate surface area is 69.2 Å². The fourth-order valence-electron chi connectivity index (χ4n) is 0.743. The molecule has 1 rings (SSSR count). The number of aryl methyl sites for hydroxylation is 1. The van der Waals surface area contributed by atoms with E-state index in [4.69, 9.17) is 0 Å². The SMILES string of the molecule is Cc1cc[c]([Sn]([F])([F])[F])cc1. The van der Waals surface area contributed by atoms with Crippen LogP contribution in [0.15, 0.2) is 24.3 Å². The van der Waals surface area contributed by atoms with Crippen molar-refractivity contribution in [3.63, 3.8) is 0 Å². The second-order valence-corrected chi connectivity index (χ2v) is 6.85. The van der Waals surface area contributed by atoms with Crippen LogP contribution in [0.4, 0.5) is 8.60 Å². The van der Waals surface area contributed by atoms with Gasteiger partial charge in [-0.05, 0) is 0 Å². The zero-order chi connectivity index (χ0) is 8.48. The van der Waals surface area contributed by atoms with E-state index in [0.717, 1.165) is 5.56 Å². The van der Waals surface area contributed by atoms with E-state index in [0.29, 0.717) is 0 Å². The monoisotopic (exact) mass is 268 g/mol. The van der Waals surface area contributed by atoms with Gasteiger partial charge in [-0.3, -0.25) is 0 Å². The topological polar surface area (TPSA) is 0 Å². The summed E-state index contributed by atoms with van der Waals surface area (Å²) in [6, 6.07) is 5.34. The molecule has 0 unspecified atom stereocenters. The fraction of sp³-hybridized carbons (Fsp3) is 0.143. The zero-order valence-electron chi connectivity index (χ0n) is 5.94. The normalized spacial score (nSPS) is 11.6. The Bertz CT molecular complexity index is 237. The average Bonchev–Trinajstić information content (AvgIpc) is 1.86. The van der Waals surface area contributed by atoms with Gasteiger partial charge in [-0.1, -0.05) is 0 Å². The molecule has 0 aromatic heterocycles. The molecule has 0 aliphatic carbocycles. The Morgan fingerprint density at radius 1 is 1.00 bits per heavy atom. The van der Waals surface area contributed by atoms with Crippen LogP contribution in [-0.2, 0) is 0 Å². The molecule has 0 N–H and O–H groups in total. The van der Waals surface area contributed by atoms with Gasteiger partial charge < -0.3 is 0 Å². The molecule has 4 heteroatoms. The average molecular weight is 267 g/mol. The minimum absolute atomic E-state index is 0.384. The Morgan fingerprint density at radius 2 is 1.45 bits per heavy atom. The number of rotatable bonds is 1. The van der Waals surface area contributed by atoms with Gasteiger partial charge in [0.1, 0.15) is 0 Å². The van der Waals surface area contributed by atoms with Crippen LogP contribution >= 0.6 is 0 Å². The van der Waals surface area contributed by atoms with Gasteiger partial charge in [-0.15, -0.1) is 0 Å². The zero-order valence-corrected chi connectivity index (χ0v) is 8.80. The van der Waals surface area contributed by atoms with Crippen molar-refractivity contribution in [1.29, 1.82) is 0 Å². The Kier molecular flexibility index (Phi) is 2.46. The van der Waals surface area contributed by atoms with Crippen molar-refractivity contribution >= 4 is 23.7 Å². The number of halogens is 3. The van der Waals surface area contributed by atoms with Crippen molar-refractivity contribution in [3.8, 4) is 0 Å². The molecule has 60 valence electrons. The Hall–Kier alpha value is -0.191. The number of hydrogen-bond acceptors (Lipinski definition) is 0.